The topological polar surface area (TPSA) is 92.3 Å². The number of fused-ring (bicyclic) bond motifs is 1. The molecule has 172 valence electrons. The largest absolute Gasteiger partial charge is 0.497 e. The van der Waals surface area contributed by atoms with Crippen LogP contribution in [-0.2, 0) is 9.53 Å². The number of benzene rings is 1. The molecule has 0 unspecified atom stereocenters. The van der Waals surface area contributed by atoms with E-state index in [1.807, 2.05) is 0 Å². The van der Waals surface area contributed by atoms with Gasteiger partial charge in [0.15, 0.2) is 9.47 Å². The Morgan fingerprint density at radius 3 is 2.70 bits per heavy atom. The summed E-state index contributed by atoms with van der Waals surface area (Å²) in [5.41, 5.74) is 1.07. The molecule has 0 aliphatic carbocycles. The van der Waals surface area contributed by atoms with E-state index in [2.05, 4.69) is 20.9 Å². The van der Waals surface area contributed by atoms with E-state index >= 15 is 0 Å². The second-order valence-electron chi connectivity index (χ2n) is 7.05. The molecule has 1 aromatic carbocycles. The minimum Gasteiger partial charge on any atom is -0.497 e. The van der Waals surface area contributed by atoms with E-state index in [1.165, 1.54) is 23.0 Å². The molecule has 0 bridgehead atoms. The third kappa shape index (κ3) is 4.28. The lowest BCUT2D eigenvalue weighted by atomic mass is 9.95. The van der Waals surface area contributed by atoms with Gasteiger partial charge < -0.3 is 18.6 Å². The number of carbonyl (C=O) groups excluding carboxylic acids is 1. The Labute approximate surface area is 201 Å². The lowest BCUT2D eigenvalue weighted by molar-refractivity contribution is -0.139. The fourth-order valence-electron chi connectivity index (χ4n) is 3.67. The van der Waals surface area contributed by atoms with Crippen LogP contribution in [0.1, 0.15) is 31.2 Å². The molecule has 0 saturated carbocycles. The maximum absolute atomic E-state index is 13.6. The Morgan fingerprint density at radius 1 is 1.27 bits per heavy atom. The molecule has 3 aromatic rings. The van der Waals surface area contributed by atoms with Crippen LogP contribution < -0.4 is 24.4 Å². The molecule has 0 spiro atoms. The van der Waals surface area contributed by atoms with E-state index in [-0.39, 0.29) is 17.7 Å². The number of aromatic nitrogens is 1. The van der Waals surface area contributed by atoms with Gasteiger partial charge in [0.25, 0.3) is 5.56 Å². The van der Waals surface area contributed by atoms with E-state index in [0.717, 1.165) is 0 Å². The number of furan rings is 1. The number of rotatable bonds is 6. The summed E-state index contributed by atoms with van der Waals surface area (Å²) in [5, 5.41) is 0. The molecule has 0 amide bonds. The standard InChI is InChI=1S/C23H21BrN2O6S/c1-5-31-22(28)19-12(2)25-23-26(20(19)15-8-6-13(29-3)10-16(15)30-4)21(27)17(33-23)11-14-7-9-18(24)32-14/h6-11,20H,5H2,1-4H3/b17-11+/t20-/m1/s1. The summed E-state index contributed by atoms with van der Waals surface area (Å²) in [6.07, 6.45) is 1.65. The van der Waals surface area contributed by atoms with Gasteiger partial charge in [0.1, 0.15) is 23.3 Å². The smallest absolute Gasteiger partial charge is 0.338 e. The SMILES string of the molecule is CCOC(=O)C1=C(C)N=c2s/c(=C/c3ccc(Br)o3)c(=O)n2[C@@H]1c1ccc(OC)cc1OC. The highest BCUT2D eigenvalue weighted by atomic mass is 79.9. The molecular weight excluding hydrogens is 512 g/mol. The quantitative estimate of drug-likeness (QED) is 0.452. The molecule has 10 heteroatoms. The van der Waals surface area contributed by atoms with Crippen LogP contribution >= 0.6 is 27.3 Å². The van der Waals surface area contributed by atoms with Crippen molar-refractivity contribution in [2.75, 3.05) is 20.8 Å². The van der Waals surface area contributed by atoms with Crippen molar-refractivity contribution in [3.8, 4) is 11.5 Å². The van der Waals surface area contributed by atoms with Crippen LogP contribution in [0.15, 0.2) is 60.5 Å². The zero-order chi connectivity index (χ0) is 23.7. The van der Waals surface area contributed by atoms with Crippen molar-refractivity contribution in [2.45, 2.75) is 19.9 Å². The molecule has 4 rings (SSSR count). The number of halogens is 1. The maximum atomic E-state index is 13.6. The Kier molecular flexibility index (Phi) is 6.57. The number of ether oxygens (including phenoxy) is 3. The molecule has 8 nitrogen and oxygen atoms in total. The minimum absolute atomic E-state index is 0.194. The number of allylic oxidation sites excluding steroid dienone is 1. The number of thiazole rings is 1. The Balaban J connectivity index is 2.00. The molecule has 0 radical (unpaired) electrons. The van der Waals surface area contributed by atoms with Crippen molar-refractivity contribution in [1.82, 2.24) is 4.57 Å². The summed E-state index contributed by atoms with van der Waals surface area (Å²) in [6.45, 7) is 3.66. The van der Waals surface area contributed by atoms with Crippen LogP contribution in [0.25, 0.3) is 6.08 Å². The molecule has 0 saturated heterocycles. The normalized spacial score (nSPS) is 15.8. The van der Waals surface area contributed by atoms with Gasteiger partial charge in [0.05, 0.1) is 36.6 Å². The fraction of sp³-hybridized carbons (Fsp3) is 0.261. The predicted molar refractivity (Wildman–Crippen MR) is 126 cm³/mol. The van der Waals surface area contributed by atoms with E-state index in [4.69, 9.17) is 18.6 Å². The summed E-state index contributed by atoms with van der Waals surface area (Å²) in [6, 6.07) is 7.96. The van der Waals surface area contributed by atoms with Crippen LogP contribution in [0.2, 0.25) is 0 Å². The second kappa shape index (κ2) is 9.40. The number of esters is 1. The maximum Gasteiger partial charge on any atom is 0.338 e. The third-order valence-corrected chi connectivity index (χ3v) is 6.53. The van der Waals surface area contributed by atoms with Gasteiger partial charge >= 0.3 is 5.97 Å². The number of hydrogen-bond acceptors (Lipinski definition) is 8. The number of nitrogens with zero attached hydrogens (tertiary/aromatic N) is 2. The molecular formula is C23H21BrN2O6S. The zero-order valence-electron chi connectivity index (χ0n) is 18.4. The predicted octanol–water partition coefficient (Wildman–Crippen LogP) is 3.17. The molecule has 1 aliphatic heterocycles. The summed E-state index contributed by atoms with van der Waals surface area (Å²) >= 11 is 4.49. The van der Waals surface area contributed by atoms with Gasteiger partial charge in [0, 0.05) is 17.7 Å². The highest BCUT2D eigenvalue weighted by molar-refractivity contribution is 9.10. The van der Waals surface area contributed by atoms with Crippen LogP contribution in [0.3, 0.4) is 0 Å². The lowest BCUT2D eigenvalue weighted by Gasteiger charge is -2.26. The molecule has 3 heterocycles. The van der Waals surface area contributed by atoms with E-state index in [0.29, 0.717) is 42.5 Å². The van der Waals surface area contributed by atoms with E-state index < -0.39 is 12.0 Å². The average molecular weight is 533 g/mol. The summed E-state index contributed by atoms with van der Waals surface area (Å²) in [5.74, 6) is 1.04. The van der Waals surface area contributed by atoms with Gasteiger partial charge in [0.2, 0.25) is 0 Å². The summed E-state index contributed by atoms with van der Waals surface area (Å²) in [7, 11) is 3.08. The van der Waals surface area contributed by atoms with Gasteiger partial charge in [-0.2, -0.15) is 0 Å². The van der Waals surface area contributed by atoms with Crippen LogP contribution in [0, 0.1) is 0 Å². The molecule has 1 aliphatic rings. The number of methoxy groups -OCH3 is 2. The fourth-order valence-corrected chi connectivity index (χ4v) is 5.01. The molecule has 1 atom stereocenters. The van der Waals surface area contributed by atoms with Crippen LogP contribution in [-0.4, -0.2) is 31.4 Å². The molecule has 0 N–H and O–H groups in total. The highest BCUT2D eigenvalue weighted by Gasteiger charge is 2.35. The number of carbonyl (C=O) groups is 1. The van der Waals surface area contributed by atoms with Crippen molar-refractivity contribution in [1.29, 1.82) is 0 Å². The van der Waals surface area contributed by atoms with E-state index in [1.54, 1.807) is 57.4 Å². The first-order valence-corrected chi connectivity index (χ1v) is 11.7. The molecule has 33 heavy (non-hydrogen) atoms. The first-order valence-electron chi connectivity index (χ1n) is 10.0. The van der Waals surface area contributed by atoms with Gasteiger partial charge in [-0.1, -0.05) is 11.3 Å². The van der Waals surface area contributed by atoms with Gasteiger partial charge in [-0.3, -0.25) is 9.36 Å². The van der Waals surface area contributed by atoms with Gasteiger partial charge in [-0.05, 0) is 54.0 Å². The van der Waals surface area contributed by atoms with Crippen LogP contribution in [0.5, 0.6) is 11.5 Å². The van der Waals surface area contributed by atoms with Crippen molar-refractivity contribution >= 4 is 39.3 Å². The Morgan fingerprint density at radius 2 is 2.06 bits per heavy atom. The number of hydrogen-bond donors (Lipinski definition) is 0. The van der Waals surface area contributed by atoms with Crippen molar-refractivity contribution < 1.29 is 23.4 Å². The van der Waals surface area contributed by atoms with Gasteiger partial charge in [-0.25, -0.2) is 9.79 Å². The third-order valence-electron chi connectivity index (χ3n) is 5.12. The first-order chi connectivity index (χ1) is 15.9. The van der Waals surface area contributed by atoms with Crippen LogP contribution in [0.4, 0.5) is 0 Å². The van der Waals surface area contributed by atoms with Gasteiger partial charge in [-0.15, -0.1) is 0 Å². The molecule has 2 aromatic heterocycles. The average Bonchev–Trinajstić information content (AvgIpc) is 3.34. The van der Waals surface area contributed by atoms with Crippen molar-refractivity contribution in [2.24, 2.45) is 4.99 Å². The summed E-state index contributed by atoms with van der Waals surface area (Å²) in [4.78, 5) is 31.6. The van der Waals surface area contributed by atoms with Crippen molar-refractivity contribution in [3.05, 3.63) is 77.3 Å². The highest BCUT2D eigenvalue weighted by Crippen LogP contribution is 2.37. The summed E-state index contributed by atoms with van der Waals surface area (Å²) < 4.78 is 24.2. The Bertz CT molecular complexity index is 1430. The second-order valence-corrected chi connectivity index (χ2v) is 8.84. The van der Waals surface area contributed by atoms with E-state index in [9.17, 15) is 9.59 Å². The Hall–Kier alpha value is -3.11. The first kappa shape index (κ1) is 23.1. The zero-order valence-corrected chi connectivity index (χ0v) is 20.8. The van der Waals surface area contributed by atoms with Crippen molar-refractivity contribution in [3.63, 3.8) is 0 Å². The molecule has 0 fully saturated rings. The monoisotopic (exact) mass is 532 g/mol. The lowest BCUT2D eigenvalue weighted by Crippen LogP contribution is -2.40. The minimum atomic E-state index is -0.786.